The van der Waals surface area contributed by atoms with Crippen molar-refractivity contribution in [2.24, 2.45) is 0 Å². The molecule has 0 aliphatic carbocycles. The molecule has 0 saturated carbocycles. The van der Waals surface area contributed by atoms with E-state index >= 15 is 0 Å². The summed E-state index contributed by atoms with van der Waals surface area (Å²) in [6, 6.07) is 11.0. The van der Waals surface area contributed by atoms with Crippen LogP contribution in [0.5, 0.6) is 0 Å². The Morgan fingerprint density at radius 3 is 2.45 bits per heavy atom. The van der Waals surface area contributed by atoms with E-state index in [2.05, 4.69) is 0 Å². The molecule has 1 aromatic carbocycles. The van der Waals surface area contributed by atoms with Gasteiger partial charge in [0, 0.05) is 5.69 Å². The maximum Gasteiger partial charge on any atom is 0.246 e. The molecule has 1 heterocycles. The van der Waals surface area contributed by atoms with Crippen LogP contribution in [0.1, 0.15) is 23.7 Å². The fourth-order valence-corrected chi connectivity index (χ4v) is 2.36. The predicted molar refractivity (Wildman–Crippen MR) is 81.3 cm³/mol. The molecule has 2 aromatic rings. The lowest BCUT2D eigenvalue weighted by molar-refractivity contribution is -0.118. The van der Waals surface area contributed by atoms with Gasteiger partial charge in [0.1, 0.15) is 11.1 Å². The molecule has 2 rings (SSSR count). The van der Waals surface area contributed by atoms with Crippen molar-refractivity contribution in [2.45, 2.75) is 24.7 Å². The van der Waals surface area contributed by atoms with Crippen molar-refractivity contribution in [3.63, 3.8) is 0 Å². The number of furan rings is 1. The number of halogens is 2. The molecule has 0 N–H and O–H groups in total. The molecule has 0 radical (unpaired) electrons. The van der Waals surface area contributed by atoms with Crippen LogP contribution in [0.15, 0.2) is 47.1 Å². The lowest BCUT2D eigenvalue weighted by Gasteiger charge is -2.28. The number of benzene rings is 1. The van der Waals surface area contributed by atoms with Crippen LogP contribution in [-0.2, 0) is 4.79 Å². The molecule has 0 spiro atoms. The maximum absolute atomic E-state index is 12.4. The Labute approximate surface area is 128 Å². The van der Waals surface area contributed by atoms with E-state index in [1.807, 2.05) is 31.2 Å². The van der Waals surface area contributed by atoms with E-state index in [0.29, 0.717) is 5.76 Å². The molecule has 0 fully saturated rings. The maximum atomic E-state index is 12.4. The Balaban J connectivity index is 2.45. The van der Waals surface area contributed by atoms with Crippen LogP contribution in [0.3, 0.4) is 0 Å². The molecular formula is C15H15Cl2NO2. The molecule has 1 amide bonds. The van der Waals surface area contributed by atoms with Crippen molar-refractivity contribution >= 4 is 34.8 Å². The van der Waals surface area contributed by atoms with Gasteiger partial charge in [-0.2, -0.15) is 0 Å². The number of carbonyl (C=O) groups is 1. The smallest absolute Gasteiger partial charge is 0.246 e. The van der Waals surface area contributed by atoms with Gasteiger partial charge in [-0.1, -0.05) is 29.8 Å². The Morgan fingerprint density at radius 1 is 1.20 bits per heavy atom. The first-order valence-corrected chi connectivity index (χ1v) is 7.10. The standard InChI is InChI=1S/C15H15Cl2NO2/c1-10-6-3-4-7-12(10)18(15(19)11(2)16)14(17)13-8-5-9-20-13/h3-9,11,14H,1-2H3. The summed E-state index contributed by atoms with van der Waals surface area (Å²) in [5.74, 6) is 0.234. The van der Waals surface area contributed by atoms with Crippen molar-refractivity contribution in [3.8, 4) is 0 Å². The lowest BCUT2D eigenvalue weighted by Crippen LogP contribution is -2.37. The summed E-state index contributed by atoms with van der Waals surface area (Å²) in [7, 11) is 0. The molecule has 5 heteroatoms. The molecule has 20 heavy (non-hydrogen) atoms. The van der Waals surface area contributed by atoms with Gasteiger partial charge in [-0.05, 0) is 37.6 Å². The highest BCUT2D eigenvalue weighted by molar-refractivity contribution is 6.34. The highest BCUT2D eigenvalue weighted by Crippen LogP contribution is 2.33. The van der Waals surface area contributed by atoms with Crippen LogP contribution in [0.4, 0.5) is 5.69 Å². The van der Waals surface area contributed by atoms with Gasteiger partial charge in [0.2, 0.25) is 5.91 Å². The first kappa shape index (κ1) is 14.9. The van der Waals surface area contributed by atoms with Gasteiger partial charge in [0.15, 0.2) is 5.50 Å². The molecule has 0 saturated heterocycles. The summed E-state index contributed by atoms with van der Waals surface area (Å²) >= 11 is 12.4. The first-order chi connectivity index (χ1) is 9.52. The molecule has 2 atom stereocenters. The number of nitrogens with zero attached hydrogens (tertiary/aromatic N) is 1. The van der Waals surface area contributed by atoms with Gasteiger partial charge in [0.05, 0.1) is 6.26 Å². The minimum Gasteiger partial charge on any atom is -0.466 e. The number of aryl methyl sites for hydroxylation is 1. The summed E-state index contributed by atoms with van der Waals surface area (Å²) in [5.41, 5.74) is 0.927. The highest BCUT2D eigenvalue weighted by Gasteiger charge is 2.30. The molecule has 0 bridgehead atoms. The van der Waals surface area contributed by atoms with Gasteiger partial charge < -0.3 is 4.42 Å². The second kappa shape index (κ2) is 6.33. The summed E-state index contributed by atoms with van der Waals surface area (Å²) in [5, 5.41) is -0.675. The third kappa shape index (κ3) is 3.00. The Bertz CT molecular complexity index is 581. The predicted octanol–water partition coefficient (Wildman–Crippen LogP) is 4.49. The van der Waals surface area contributed by atoms with E-state index in [4.69, 9.17) is 27.6 Å². The number of amides is 1. The zero-order chi connectivity index (χ0) is 14.7. The van der Waals surface area contributed by atoms with Gasteiger partial charge >= 0.3 is 0 Å². The summed E-state index contributed by atoms with van der Waals surface area (Å²) in [4.78, 5) is 13.9. The van der Waals surface area contributed by atoms with Crippen LogP contribution in [0.2, 0.25) is 0 Å². The number of anilines is 1. The van der Waals surface area contributed by atoms with Crippen molar-refractivity contribution in [2.75, 3.05) is 4.90 Å². The Morgan fingerprint density at radius 2 is 1.90 bits per heavy atom. The van der Waals surface area contributed by atoms with Crippen LogP contribution in [0.25, 0.3) is 0 Å². The first-order valence-electron chi connectivity index (χ1n) is 6.22. The number of hydrogen-bond acceptors (Lipinski definition) is 2. The topological polar surface area (TPSA) is 33.5 Å². The third-order valence-corrected chi connectivity index (χ3v) is 3.55. The lowest BCUT2D eigenvalue weighted by atomic mass is 10.1. The van der Waals surface area contributed by atoms with E-state index < -0.39 is 10.9 Å². The van der Waals surface area contributed by atoms with Crippen molar-refractivity contribution in [1.82, 2.24) is 0 Å². The minimum absolute atomic E-state index is 0.266. The molecule has 106 valence electrons. The molecule has 3 nitrogen and oxygen atoms in total. The van der Waals surface area contributed by atoms with Crippen LogP contribution in [-0.4, -0.2) is 11.3 Å². The largest absolute Gasteiger partial charge is 0.466 e. The zero-order valence-corrected chi connectivity index (χ0v) is 12.7. The SMILES string of the molecule is Cc1ccccc1N(C(=O)C(C)Cl)C(Cl)c1ccco1. The average molecular weight is 312 g/mol. The summed E-state index contributed by atoms with van der Waals surface area (Å²) in [6.45, 7) is 3.54. The van der Waals surface area contributed by atoms with Gasteiger partial charge in [-0.15, -0.1) is 11.6 Å². The van der Waals surface area contributed by atoms with Gasteiger partial charge in [-0.25, -0.2) is 0 Å². The summed E-state index contributed by atoms with van der Waals surface area (Å²) in [6.07, 6.45) is 1.52. The molecule has 2 unspecified atom stereocenters. The second-order valence-electron chi connectivity index (χ2n) is 4.46. The normalized spacial score (nSPS) is 13.8. The van der Waals surface area contributed by atoms with Crippen molar-refractivity contribution < 1.29 is 9.21 Å². The second-order valence-corrected chi connectivity index (χ2v) is 5.53. The van der Waals surface area contributed by atoms with Crippen LogP contribution in [0, 0.1) is 6.92 Å². The molecular weight excluding hydrogens is 297 g/mol. The van der Waals surface area contributed by atoms with Crippen LogP contribution < -0.4 is 4.90 Å². The number of rotatable bonds is 4. The average Bonchev–Trinajstić information content (AvgIpc) is 2.94. The zero-order valence-electron chi connectivity index (χ0n) is 11.2. The number of hydrogen-bond donors (Lipinski definition) is 0. The minimum atomic E-state index is -0.736. The number of para-hydroxylation sites is 1. The monoisotopic (exact) mass is 311 g/mol. The van der Waals surface area contributed by atoms with E-state index in [1.54, 1.807) is 19.1 Å². The fourth-order valence-electron chi connectivity index (χ4n) is 1.93. The number of alkyl halides is 2. The van der Waals surface area contributed by atoms with E-state index in [0.717, 1.165) is 11.3 Å². The van der Waals surface area contributed by atoms with E-state index in [-0.39, 0.29) is 5.91 Å². The van der Waals surface area contributed by atoms with Crippen molar-refractivity contribution in [3.05, 3.63) is 54.0 Å². The molecule has 0 aliphatic rings. The van der Waals surface area contributed by atoms with Gasteiger partial charge in [-0.3, -0.25) is 9.69 Å². The third-order valence-electron chi connectivity index (χ3n) is 2.96. The summed E-state index contributed by atoms with van der Waals surface area (Å²) < 4.78 is 5.30. The van der Waals surface area contributed by atoms with Crippen LogP contribution >= 0.6 is 23.2 Å². The fraction of sp³-hybridized carbons (Fsp3) is 0.267. The van der Waals surface area contributed by atoms with Crippen molar-refractivity contribution in [1.29, 1.82) is 0 Å². The quantitative estimate of drug-likeness (QED) is 0.616. The molecule has 1 aromatic heterocycles. The van der Waals surface area contributed by atoms with E-state index in [1.165, 1.54) is 11.2 Å². The Hall–Kier alpha value is -1.45. The number of carbonyl (C=O) groups excluding carboxylic acids is 1. The van der Waals surface area contributed by atoms with E-state index in [9.17, 15) is 4.79 Å². The Kier molecular flexibility index (Phi) is 4.73. The highest BCUT2D eigenvalue weighted by atomic mass is 35.5. The van der Waals surface area contributed by atoms with Gasteiger partial charge in [0.25, 0.3) is 0 Å². The molecule has 0 aliphatic heterocycles.